The van der Waals surface area contributed by atoms with Crippen LogP contribution in [0.15, 0.2) is 17.9 Å². The average molecular weight is 759 g/mol. The second kappa shape index (κ2) is 35.4. The number of carbonyl (C=O) groups excluding carboxylic acids is 2. The number of hydrogen-bond donors (Lipinski definition) is 1. The Bertz CT molecular complexity index is 901. The number of allylic oxidation sites excluding steroid dienone is 1. The zero-order valence-corrected chi connectivity index (χ0v) is 35.2. The highest BCUT2D eigenvalue weighted by molar-refractivity contribution is 7.52. The smallest absolute Gasteiger partial charge is 0.377 e. The predicted octanol–water partition coefficient (Wildman–Crippen LogP) is 10.5. The first kappa shape index (κ1) is 50.7. The molecule has 0 aromatic carbocycles. The fourth-order valence-corrected chi connectivity index (χ4v) is 6.44. The maximum absolute atomic E-state index is 12.6. The van der Waals surface area contributed by atoms with Gasteiger partial charge < -0.3 is 18.9 Å². The Balaban J connectivity index is 4.41. The molecule has 0 amide bonds. The average Bonchev–Trinajstić information content (AvgIpc) is 3.09. The monoisotopic (exact) mass is 759 g/mol. The summed E-state index contributed by atoms with van der Waals surface area (Å²) in [5.41, 5.74) is 3.30. The number of quaternary nitrogens is 1. The summed E-state index contributed by atoms with van der Waals surface area (Å²) < 4.78 is 21.8. The van der Waals surface area contributed by atoms with Gasteiger partial charge in [-0.2, -0.15) is 13.9 Å². The molecule has 0 saturated carbocycles. The number of hydrogen-bond acceptors (Lipinski definition) is 8. The lowest BCUT2D eigenvalue weighted by Crippen LogP contribution is -2.38. The number of nitrogens with zero attached hydrogens (tertiary/aromatic N) is 1. The first-order chi connectivity index (χ1) is 25.0. The van der Waals surface area contributed by atoms with Gasteiger partial charge in [0.1, 0.15) is 26.4 Å². The van der Waals surface area contributed by atoms with Crippen molar-refractivity contribution in [3.8, 4) is 0 Å². The van der Waals surface area contributed by atoms with Crippen LogP contribution in [0.1, 0.15) is 187 Å². The molecule has 1 unspecified atom stereocenters. The van der Waals surface area contributed by atoms with Crippen LogP contribution < -0.4 is 4.89 Å². The van der Waals surface area contributed by atoms with E-state index >= 15 is 0 Å². The van der Waals surface area contributed by atoms with Crippen molar-refractivity contribution in [3.63, 3.8) is 0 Å². The van der Waals surface area contributed by atoms with E-state index in [1.165, 1.54) is 96.3 Å². The number of carbonyl (C=O) groups is 2. The van der Waals surface area contributed by atoms with Gasteiger partial charge >= 0.3 is 20.1 Å². The highest BCUT2D eigenvalue weighted by Gasteiger charge is 2.31. The van der Waals surface area contributed by atoms with Crippen LogP contribution in [-0.2, 0) is 28.1 Å². The topological polar surface area (TPSA) is 114 Å². The van der Waals surface area contributed by atoms with Gasteiger partial charge in [-0.1, -0.05) is 136 Å². The molecule has 0 aliphatic rings. The molecule has 0 aromatic rings. The molecule has 0 saturated heterocycles. The van der Waals surface area contributed by atoms with Gasteiger partial charge in [0.15, 0.2) is 6.10 Å². The molecule has 0 spiro atoms. The molecule has 0 aliphatic carbocycles. The van der Waals surface area contributed by atoms with Gasteiger partial charge in [0, 0.05) is 12.8 Å². The standard InChI is InChI=1S/C42H80NO8P/c1-6-8-10-12-14-16-18-20-21-23-25-27-29-31-33-35-42(45)51-40(39-50-52(46,47)49-37-36-43(3,4)5)38-48-41(44)34-32-30-28-26-24-22-19-17-15-13-11-9-7-2/h18,21,40H,6-17,19,22-39H2,1-5H3/p+1/t20?,40-/m1/s1. The third-order valence-corrected chi connectivity index (χ3v) is 10.1. The molecule has 306 valence electrons. The summed E-state index contributed by atoms with van der Waals surface area (Å²) in [7, 11) is 1.47. The van der Waals surface area contributed by atoms with E-state index in [2.05, 4.69) is 31.7 Å². The highest BCUT2D eigenvalue weighted by atomic mass is 31.2. The normalized spacial score (nSPS) is 13.3. The van der Waals surface area contributed by atoms with Crippen LogP contribution in [0.3, 0.4) is 0 Å². The van der Waals surface area contributed by atoms with Gasteiger partial charge in [-0.25, -0.2) is 0 Å². The molecular weight excluding hydrogens is 677 g/mol. The summed E-state index contributed by atoms with van der Waals surface area (Å²) in [6.45, 7) is 4.39. The minimum atomic E-state index is -4.37. The van der Waals surface area contributed by atoms with E-state index in [4.69, 9.17) is 18.5 Å². The summed E-state index contributed by atoms with van der Waals surface area (Å²) in [5.74, 6) is -0.814. The Labute approximate surface area is 320 Å². The molecule has 0 radical (unpaired) electrons. The highest BCUT2D eigenvalue weighted by Crippen LogP contribution is 2.47. The number of unbranched alkanes of at least 4 members (excludes halogenated alkanes) is 22. The van der Waals surface area contributed by atoms with Crippen molar-refractivity contribution in [2.75, 3.05) is 47.5 Å². The van der Waals surface area contributed by atoms with E-state index in [0.717, 1.165) is 57.8 Å². The molecule has 1 N–H and O–H groups in total. The fraction of sp³-hybridized carbons (Fsp3) is 0.881. The lowest BCUT2D eigenvalue weighted by Gasteiger charge is -2.26. The SMILES string of the molecule is CCCCCCCC=C=CCCCCCCCC(=O)O[C@H](COC(=O)CCCCCCCCCCCCCCC)CO[P+]([O-])(O)OCC[N+](C)(C)C. The zero-order valence-electron chi connectivity index (χ0n) is 34.4. The van der Waals surface area contributed by atoms with Crippen molar-refractivity contribution in [3.05, 3.63) is 17.9 Å². The minimum Gasteiger partial charge on any atom is -0.606 e. The molecule has 9 nitrogen and oxygen atoms in total. The van der Waals surface area contributed by atoms with Crippen LogP contribution in [0, 0.1) is 0 Å². The summed E-state index contributed by atoms with van der Waals surface area (Å²) in [6.07, 6.45) is 33.1. The summed E-state index contributed by atoms with van der Waals surface area (Å²) in [5, 5.41) is 0. The van der Waals surface area contributed by atoms with Crippen molar-refractivity contribution < 1.29 is 42.4 Å². The third kappa shape index (κ3) is 38.4. The van der Waals surface area contributed by atoms with Crippen LogP contribution in [-0.4, -0.2) is 74.9 Å². The number of phosphoric acid groups is 1. The van der Waals surface area contributed by atoms with Crippen molar-refractivity contribution in [2.24, 2.45) is 0 Å². The Hall–Kier alpha value is -1.31. The second-order valence-electron chi connectivity index (χ2n) is 15.5. The molecule has 10 heteroatoms. The Morgan fingerprint density at radius 1 is 0.635 bits per heavy atom. The molecule has 0 heterocycles. The van der Waals surface area contributed by atoms with Gasteiger partial charge in [0.25, 0.3) is 0 Å². The molecular formula is C42H81NO8P+. The molecule has 2 atom stereocenters. The Kier molecular flexibility index (Phi) is 34.5. The maximum atomic E-state index is 12.6. The second-order valence-corrected chi connectivity index (χ2v) is 16.9. The fourth-order valence-electron chi connectivity index (χ4n) is 5.70. The third-order valence-electron chi connectivity index (χ3n) is 9.07. The zero-order chi connectivity index (χ0) is 38.6. The largest absolute Gasteiger partial charge is 0.606 e. The summed E-state index contributed by atoms with van der Waals surface area (Å²) >= 11 is 0. The van der Waals surface area contributed by atoms with Gasteiger partial charge in [-0.15, -0.1) is 5.73 Å². The van der Waals surface area contributed by atoms with Gasteiger partial charge in [-0.05, 0) is 50.7 Å². The first-order valence-electron chi connectivity index (χ1n) is 21.2. The number of rotatable bonds is 38. The number of likely N-dealkylation sites (N-methyl/N-ethyl adjacent to an activating group) is 1. The van der Waals surface area contributed by atoms with E-state index in [0.29, 0.717) is 17.4 Å². The minimum absolute atomic E-state index is 0.0298. The van der Waals surface area contributed by atoms with E-state index in [1.807, 2.05) is 21.1 Å². The van der Waals surface area contributed by atoms with E-state index in [9.17, 15) is 19.4 Å². The lowest BCUT2D eigenvalue weighted by atomic mass is 10.0. The van der Waals surface area contributed by atoms with E-state index in [-0.39, 0.29) is 32.0 Å². The van der Waals surface area contributed by atoms with Crippen LogP contribution >= 0.6 is 8.17 Å². The van der Waals surface area contributed by atoms with Crippen LogP contribution in [0.5, 0.6) is 0 Å². The number of esters is 2. The first-order valence-corrected chi connectivity index (χ1v) is 22.7. The van der Waals surface area contributed by atoms with Gasteiger partial charge in [-0.3, -0.25) is 9.59 Å². The molecule has 0 fully saturated rings. The lowest BCUT2D eigenvalue weighted by molar-refractivity contribution is -0.870. The van der Waals surface area contributed by atoms with Crippen molar-refractivity contribution in [1.29, 1.82) is 0 Å². The van der Waals surface area contributed by atoms with E-state index in [1.54, 1.807) is 0 Å². The molecule has 0 bridgehead atoms. The summed E-state index contributed by atoms with van der Waals surface area (Å²) in [4.78, 5) is 47.7. The number of ether oxygens (including phenoxy) is 2. The summed E-state index contributed by atoms with van der Waals surface area (Å²) in [6, 6.07) is 0. The molecule has 0 aliphatic heterocycles. The van der Waals surface area contributed by atoms with Crippen LogP contribution in [0.4, 0.5) is 0 Å². The quantitative estimate of drug-likeness (QED) is 0.0218. The van der Waals surface area contributed by atoms with Gasteiger partial charge in [0.05, 0.1) is 21.1 Å². The maximum Gasteiger partial charge on any atom is 0.377 e. The van der Waals surface area contributed by atoms with Crippen LogP contribution in [0.25, 0.3) is 0 Å². The van der Waals surface area contributed by atoms with Crippen molar-refractivity contribution in [1.82, 2.24) is 0 Å². The number of phosphoric ester groups is 1. The Morgan fingerprint density at radius 2 is 1.06 bits per heavy atom. The van der Waals surface area contributed by atoms with Crippen LogP contribution in [0.2, 0.25) is 0 Å². The molecule has 0 rings (SSSR count). The van der Waals surface area contributed by atoms with Crippen molar-refractivity contribution in [2.45, 2.75) is 193 Å². The molecule has 52 heavy (non-hydrogen) atoms. The predicted molar refractivity (Wildman–Crippen MR) is 213 cm³/mol. The Morgan fingerprint density at radius 3 is 1.52 bits per heavy atom. The molecule has 0 aromatic heterocycles. The van der Waals surface area contributed by atoms with E-state index < -0.39 is 26.9 Å². The van der Waals surface area contributed by atoms with Gasteiger partial charge in [0.2, 0.25) is 0 Å². The van der Waals surface area contributed by atoms with Crippen molar-refractivity contribution >= 4 is 20.1 Å².